The summed E-state index contributed by atoms with van der Waals surface area (Å²) in [5.41, 5.74) is 1.33. The van der Waals surface area contributed by atoms with Gasteiger partial charge in [-0.25, -0.2) is 0 Å². The molecule has 1 aromatic carbocycles. The smallest absolute Gasteiger partial charge is 0.241 e. The predicted molar refractivity (Wildman–Crippen MR) is 100 cm³/mol. The average molecular weight is 345 g/mol. The van der Waals surface area contributed by atoms with Gasteiger partial charge < -0.3 is 10.2 Å². The molecular weight excluding hydrogens is 314 g/mol. The van der Waals surface area contributed by atoms with Crippen molar-refractivity contribution in [2.24, 2.45) is 0 Å². The quantitative estimate of drug-likeness (QED) is 0.826. The van der Waals surface area contributed by atoms with E-state index in [-0.39, 0.29) is 24.4 Å². The number of benzene rings is 1. The molecule has 0 spiro atoms. The van der Waals surface area contributed by atoms with Gasteiger partial charge in [0.2, 0.25) is 11.8 Å². The molecule has 0 aromatic heterocycles. The number of piperidine rings is 1. The lowest BCUT2D eigenvalue weighted by Gasteiger charge is -2.41. The van der Waals surface area contributed by atoms with Gasteiger partial charge in [0.05, 0.1) is 6.54 Å². The van der Waals surface area contributed by atoms with E-state index >= 15 is 0 Å². The predicted octanol–water partition coefficient (Wildman–Crippen LogP) is 2.41. The topological polar surface area (TPSA) is 52.7 Å². The molecule has 1 saturated heterocycles. The van der Waals surface area contributed by atoms with E-state index in [0.717, 1.165) is 32.4 Å². The first kappa shape index (κ1) is 19.4. The van der Waals surface area contributed by atoms with E-state index in [2.05, 4.69) is 41.4 Å². The molecule has 5 heteroatoms. The molecule has 1 fully saturated rings. The summed E-state index contributed by atoms with van der Waals surface area (Å²) in [7, 11) is 1.86. The summed E-state index contributed by atoms with van der Waals surface area (Å²) in [6.45, 7) is 6.24. The number of likely N-dealkylation sites (N-methyl/N-ethyl adjacent to an activating group) is 1. The highest BCUT2D eigenvalue weighted by molar-refractivity contribution is 5.84. The molecule has 1 aliphatic heterocycles. The molecule has 0 radical (unpaired) electrons. The Labute approximate surface area is 151 Å². The zero-order valence-corrected chi connectivity index (χ0v) is 15.7. The Morgan fingerprint density at radius 2 is 2.00 bits per heavy atom. The molecule has 138 valence electrons. The first-order valence-electron chi connectivity index (χ1n) is 9.31. The van der Waals surface area contributed by atoms with Crippen molar-refractivity contribution < 1.29 is 9.59 Å². The van der Waals surface area contributed by atoms with Crippen LogP contribution in [-0.4, -0.2) is 53.8 Å². The van der Waals surface area contributed by atoms with Crippen LogP contribution in [0.3, 0.4) is 0 Å². The summed E-state index contributed by atoms with van der Waals surface area (Å²) in [6, 6.07) is 11.2. The zero-order valence-electron chi connectivity index (χ0n) is 15.7. The minimum Gasteiger partial charge on any atom is -0.347 e. The molecule has 2 amide bonds. The maximum atomic E-state index is 12.3. The largest absolute Gasteiger partial charge is 0.347 e. The maximum Gasteiger partial charge on any atom is 0.241 e. The fourth-order valence-corrected chi connectivity index (χ4v) is 3.42. The van der Waals surface area contributed by atoms with Crippen LogP contribution >= 0.6 is 0 Å². The van der Waals surface area contributed by atoms with Gasteiger partial charge in [-0.2, -0.15) is 0 Å². The zero-order chi connectivity index (χ0) is 18.2. The SMILES string of the molecule is CCCC(=O)NCC(=O)N(C)[C@@H]1CCN(Cc2ccccc2)[C@@H](C)C1. The third kappa shape index (κ3) is 5.85. The van der Waals surface area contributed by atoms with Crippen LogP contribution in [0.2, 0.25) is 0 Å². The van der Waals surface area contributed by atoms with Crippen molar-refractivity contribution in [1.82, 2.24) is 15.1 Å². The van der Waals surface area contributed by atoms with Crippen LogP contribution in [0.5, 0.6) is 0 Å². The number of likely N-dealkylation sites (tertiary alicyclic amines) is 1. The molecule has 1 N–H and O–H groups in total. The van der Waals surface area contributed by atoms with Gasteiger partial charge >= 0.3 is 0 Å². The van der Waals surface area contributed by atoms with Crippen molar-refractivity contribution in [2.75, 3.05) is 20.1 Å². The van der Waals surface area contributed by atoms with Crippen molar-refractivity contribution in [2.45, 2.75) is 58.2 Å². The number of hydrogen-bond donors (Lipinski definition) is 1. The molecule has 1 heterocycles. The lowest BCUT2D eigenvalue weighted by Crippen LogP contribution is -2.50. The van der Waals surface area contributed by atoms with Crippen molar-refractivity contribution in [1.29, 1.82) is 0 Å². The molecule has 0 saturated carbocycles. The molecule has 5 nitrogen and oxygen atoms in total. The molecule has 1 aliphatic rings. The maximum absolute atomic E-state index is 12.3. The lowest BCUT2D eigenvalue weighted by atomic mass is 9.96. The van der Waals surface area contributed by atoms with Gasteiger partial charge in [0.1, 0.15) is 0 Å². The summed E-state index contributed by atoms with van der Waals surface area (Å²) < 4.78 is 0. The Hall–Kier alpha value is -1.88. The first-order chi connectivity index (χ1) is 12.0. The van der Waals surface area contributed by atoms with Crippen LogP contribution in [0.1, 0.15) is 45.1 Å². The van der Waals surface area contributed by atoms with Gasteiger partial charge in [0.15, 0.2) is 0 Å². The van der Waals surface area contributed by atoms with Gasteiger partial charge in [0.25, 0.3) is 0 Å². The van der Waals surface area contributed by atoms with Gasteiger partial charge in [-0.05, 0) is 31.7 Å². The second kappa shape index (κ2) is 9.56. The van der Waals surface area contributed by atoms with E-state index < -0.39 is 0 Å². The molecule has 25 heavy (non-hydrogen) atoms. The van der Waals surface area contributed by atoms with E-state index in [9.17, 15) is 9.59 Å². The Morgan fingerprint density at radius 1 is 1.28 bits per heavy atom. The van der Waals surface area contributed by atoms with E-state index in [4.69, 9.17) is 0 Å². The van der Waals surface area contributed by atoms with Crippen LogP contribution in [0.25, 0.3) is 0 Å². The van der Waals surface area contributed by atoms with E-state index in [1.165, 1.54) is 5.56 Å². The van der Waals surface area contributed by atoms with Crippen LogP contribution < -0.4 is 5.32 Å². The van der Waals surface area contributed by atoms with Crippen molar-refractivity contribution in [3.05, 3.63) is 35.9 Å². The third-order valence-corrected chi connectivity index (χ3v) is 5.07. The molecule has 2 atom stereocenters. The first-order valence-corrected chi connectivity index (χ1v) is 9.31. The van der Waals surface area contributed by atoms with Gasteiger partial charge in [-0.3, -0.25) is 14.5 Å². The summed E-state index contributed by atoms with van der Waals surface area (Å²) in [4.78, 5) is 28.2. The van der Waals surface area contributed by atoms with Gasteiger partial charge in [-0.15, -0.1) is 0 Å². The summed E-state index contributed by atoms with van der Waals surface area (Å²) in [5, 5.41) is 2.72. The van der Waals surface area contributed by atoms with E-state index in [0.29, 0.717) is 12.5 Å². The Morgan fingerprint density at radius 3 is 2.64 bits per heavy atom. The highest BCUT2D eigenvalue weighted by Gasteiger charge is 2.29. The monoisotopic (exact) mass is 345 g/mol. The molecule has 0 unspecified atom stereocenters. The number of rotatable bonds is 7. The molecule has 2 rings (SSSR count). The number of amides is 2. The van der Waals surface area contributed by atoms with Crippen molar-refractivity contribution in [3.63, 3.8) is 0 Å². The van der Waals surface area contributed by atoms with Gasteiger partial charge in [0, 0.05) is 38.6 Å². The van der Waals surface area contributed by atoms with E-state index in [1.807, 2.05) is 24.9 Å². The number of carbonyl (C=O) groups is 2. The fraction of sp³-hybridized carbons (Fsp3) is 0.600. The number of nitrogens with zero attached hydrogens (tertiary/aromatic N) is 2. The number of nitrogens with one attached hydrogen (secondary N) is 1. The van der Waals surface area contributed by atoms with Crippen molar-refractivity contribution >= 4 is 11.8 Å². The lowest BCUT2D eigenvalue weighted by molar-refractivity contribution is -0.134. The molecular formula is C20H31N3O2. The summed E-state index contributed by atoms with van der Waals surface area (Å²) >= 11 is 0. The second-order valence-electron chi connectivity index (χ2n) is 7.01. The number of carbonyl (C=O) groups excluding carboxylic acids is 2. The fourth-order valence-electron chi connectivity index (χ4n) is 3.42. The molecule has 0 aliphatic carbocycles. The normalized spacial score (nSPS) is 20.9. The summed E-state index contributed by atoms with van der Waals surface area (Å²) in [6.07, 6.45) is 3.22. The Kier molecular flexibility index (Phi) is 7.44. The molecule has 1 aromatic rings. The molecule has 0 bridgehead atoms. The standard InChI is InChI=1S/C20H31N3O2/c1-4-8-19(24)21-14-20(25)22(3)18-11-12-23(16(2)13-18)15-17-9-6-5-7-10-17/h5-7,9-10,16,18H,4,8,11-15H2,1-3H3,(H,21,24)/t16-,18+/m0/s1. The minimum absolute atomic E-state index is 0.00170. The average Bonchev–Trinajstić information content (AvgIpc) is 2.62. The second-order valence-corrected chi connectivity index (χ2v) is 7.01. The Bertz CT molecular complexity index is 561. The van der Waals surface area contributed by atoms with Crippen LogP contribution in [-0.2, 0) is 16.1 Å². The highest BCUT2D eigenvalue weighted by atomic mass is 16.2. The van der Waals surface area contributed by atoms with Crippen LogP contribution in [0, 0.1) is 0 Å². The van der Waals surface area contributed by atoms with Crippen LogP contribution in [0.4, 0.5) is 0 Å². The Balaban J connectivity index is 1.80. The highest BCUT2D eigenvalue weighted by Crippen LogP contribution is 2.23. The van der Waals surface area contributed by atoms with E-state index in [1.54, 1.807) is 0 Å². The summed E-state index contributed by atoms with van der Waals surface area (Å²) in [5.74, 6) is -0.0477. The minimum atomic E-state index is -0.0460. The van der Waals surface area contributed by atoms with Crippen molar-refractivity contribution in [3.8, 4) is 0 Å². The van der Waals surface area contributed by atoms with Gasteiger partial charge in [-0.1, -0.05) is 37.3 Å². The number of hydrogen-bond acceptors (Lipinski definition) is 3. The van der Waals surface area contributed by atoms with Crippen LogP contribution in [0.15, 0.2) is 30.3 Å². The third-order valence-electron chi connectivity index (χ3n) is 5.07.